The van der Waals surface area contributed by atoms with Gasteiger partial charge in [0.2, 0.25) is 0 Å². The van der Waals surface area contributed by atoms with Crippen LogP contribution in [0.2, 0.25) is 5.02 Å². The fourth-order valence-corrected chi connectivity index (χ4v) is 2.37. The van der Waals surface area contributed by atoms with Crippen LogP contribution in [0.15, 0.2) is 12.1 Å². The van der Waals surface area contributed by atoms with Crippen molar-refractivity contribution >= 4 is 29.1 Å². The van der Waals surface area contributed by atoms with Crippen LogP contribution in [0.4, 0.5) is 15.9 Å². The maximum atomic E-state index is 14.7. The Balaban J connectivity index is 2.73. The van der Waals surface area contributed by atoms with E-state index in [0.717, 1.165) is 0 Å². The molecular weight excluding hydrogens is 327 g/mol. The quantitative estimate of drug-likeness (QED) is 0.880. The third kappa shape index (κ3) is 2.98. The largest absolute Gasteiger partial charge is 0.491 e. The zero-order chi connectivity index (χ0) is 17.3. The molecule has 0 amide bonds. The van der Waals surface area contributed by atoms with Crippen LogP contribution in [0.25, 0.3) is 11.4 Å². The number of hydrogen-bond donors (Lipinski definition) is 2. The third-order valence-corrected chi connectivity index (χ3v) is 3.36. The lowest BCUT2D eigenvalue weighted by atomic mass is 10.1. The summed E-state index contributed by atoms with van der Waals surface area (Å²) < 4.78 is 19.6. The van der Waals surface area contributed by atoms with Crippen LogP contribution >= 0.6 is 11.6 Å². The fourth-order valence-electron chi connectivity index (χ4n) is 2.06. The summed E-state index contributed by atoms with van der Waals surface area (Å²) in [6, 6.07) is 2.83. The van der Waals surface area contributed by atoms with E-state index in [4.69, 9.17) is 22.1 Å². The van der Waals surface area contributed by atoms with Crippen molar-refractivity contribution in [2.75, 3.05) is 31.8 Å². The lowest BCUT2D eigenvalue weighted by Gasteiger charge is -2.17. The molecule has 0 saturated heterocycles. The first kappa shape index (κ1) is 16.8. The van der Waals surface area contributed by atoms with Gasteiger partial charge in [-0.25, -0.2) is 19.2 Å². The highest BCUT2D eigenvalue weighted by atomic mass is 35.5. The molecule has 122 valence electrons. The van der Waals surface area contributed by atoms with Gasteiger partial charge in [-0.1, -0.05) is 11.6 Å². The summed E-state index contributed by atoms with van der Waals surface area (Å²) in [7, 11) is 4.49. The van der Waals surface area contributed by atoms with Gasteiger partial charge in [0.25, 0.3) is 0 Å². The predicted octanol–water partition coefficient (Wildman–Crippen LogP) is 2.29. The highest BCUT2D eigenvalue weighted by Crippen LogP contribution is 2.35. The Morgan fingerprint density at radius 1 is 1.39 bits per heavy atom. The van der Waals surface area contributed by atoms with E-state index >= 15 is 0 Å². The number of benzene rings is 1. The van der Waals surface area contributed by atoms with Gasteiger partial charge in [-0.2, -0.15) is 0 Å². The minimum atomic E-state index is -1.36. The molecule has 7 nitrogen and oxygen atoms in total. The number of ether oxygens (including phenoxy) is 1. The van der Waals surface area contributed by atoms with Crippen LogP contribution in [0, 0.1) is 5.82 Å². The van der Waals surface area contributed by atoms with E-state index in [1.165, 1.54) is 24.1 Å². The van der Waals surface area contributed by atoms with Gasteiger partial charge in [0, 0.05) is 14.1 Å². The summed E-state index contributed by atoms with van der Waals surface area (Å²) in [6.45, 7) is 0. The van der Waals surface area contributed by atoms with Gasteiger partial charge in [0.1, 0.15) is 0 Å². The fraction of sp³-hybridized carbons (Fsp3) is 0.214. The molecule has 0 unspecified atom stereocenters. The monoisotopic (exact) mass is 340 g/mol. The van der Waals surface area contributed by atoms with Crippen molar-refractivity contribution in [3.63, 3.8) is 0 Å². The molecule has 0 saturated carbocycles. The molecule has 1 heterocycles. The van der Waals surface area contributed by atoms with E-state index in [1.54, 1.807) is 14.1 Å². The number of carboxylic acids is 1. The topological polar surface area (TPSA) is 102 Å². The molecule has 0 fully saturated rings. The normalized spacial score (nSPS) is 10.5. The van der Waals surface area contributed by atoms with E-state index in [0.29, 0.717) is 0 Å². The van der Waals surface area contributed by atoms with Crippen LogP contribution in [0.1, 0.15) is 10.5 Å². The van der Waals surface area contributed by atoms with Gasteiger partial charge in [0.15, 0.2) is 28.9 Å². The van der Waals surface area contributed by atoms with E-state index in [2.05, 4.69) is 9.97 Å². The number of halogens is 2. The average molecular weight is 341 g/mol. The third-order valence-electron chi connectivity index (χ3n) is 3.05. The predicted molar refractivity (Wildman–Crippen MR) is 84.7 cm³/mol. The second-order valence-electron chi connectivity index (χ2n) is 4.77. The number of nitrogens with two attached hydrogens (primary N) is 1. The van der Waals surface area contributed by atoms with Crippen LogP contribution in [-0.4, -0.2) is 42.2 Å². The number of methoxy groups -OCH3 is 1. The smallest absolute Gasteiger partial charge is 0.358 e. The Hall–Kier alpha value is -2.61. The number of nitrogen functional groups attached to an aromatic ring is 1. The zero-order valence-corrected chi connectivity index (χ0v) is 13.3. The standard InChI is InChI=1S/C14H14ClFN4O3/c1-20(2)10-7(15)5-4-6(8(10)16)13-18-9(14(21)22)11(23-3)12(17)19-13/h4-5H,1-3H3,(H,21,22)(H2,17,18,19). The molecule has 0 aliphatic heterocycles. The Morgan fingerprint density at radius 2 is 2.04 bits per heavy atom. The number of nitrogens with zero attached hydrogens (tertiary/aromatic N) is 3. The summed E-state index contributed by atoms with van der Waals surface area (Å²) in [5, 5.41) is 9.40. The molecule has 3 N–H and O–H groups in total. The Kier molecular flexibility index (Phi) is 4.55. The Labute approximate surface area is 136 Å². The van der Waals surface area contributed by atoms with Gasteiger partial charge >= 0.3 is 5.97 Å². The number of carboxylic acid groups (broad SMARTS) is 1. The van der Waals surface area contributed by atoms with Crippen molar-refractivity contribution in [3.8, 4) is 17.1 Å². The van der Waals surface area contributed by atoms with Gasteiger partial charge in [-0.3, -0.25) is 0 Å². The first-order valence-electron chi connectivity index (χ1n) is 6.38. The number of anilines is 2. The molecule has 0 radical (unpaired) electrons. The van der Waals surface area contributed by atoms with Crippen LogP contribution in [0.3, 0.4) is 0 Å². The van der Waals surface area contributed by atoms with Crippen molar-refractivity contribution < 1.29 is 19.0 Å². The van der Waals surface area contributed by atoms with Crippen molar-refractivity contribution in [1.29, 1.82) is 0 Å². The summed E-state index contributed by atoms with van der Waals surface area (Å²) in [4.78, 5) is 20.5. The average Bonchev–Trinajstić information content (AvgIpc) is 2.46. The van der Waals surface area contributed by atoms with Crippen molar-refractivity contribution in [2.45, 2.75) is 0 Å². The SMILES string of the molecule is COc1c(N)nc(-c2ccc(Cl)c(N(C)C)c2F)nc1C(=O)O. The zero-order valence-electron chi connectivity index (χ0n) is 12.6. The van der Waals surface area contributed by atoms with Gasteiger partial charge < -0.3 is 20.5 Å². The van der Waals surface area contributed by atoms with Crippen molar-refractivity contribution in [3.05, 3.63) is 28.7 Å². The molecular formula is C14H14ClFN4O3. The lowest BCUT2D eigenvalue weighted by molar-refractivity contribution is 0.0686. The molecule has 23 heavy (non-hydrogen) atoms. The maximum absolute atomic E-state index is 14.7. The summed E-state index contributed by atoms with van der Waals surface area (Å²) in [5.74, 6) is -2.58. The molecule has 0 bridgehead atoms. The molecule has 2 aromatic rings. The van der Waals surface area contributed by atoms with Gasteiger partial charge in [-0.15, -0.1) is 0 Å². The molecule has 1 aromatic heterocycles. The number of hydrogen-bond acceptors (Lipinski definition) is 6. The maximum Gasteiger partial charge on any atom is 0.358 e. The van der Waals surface area contributed by atoms with Crippen molar-refractivity contribution in [2.24, 2.45) is 0 Å². The van der Waals surface area contributed by atoms with Crippen LogP contribution in [0.5, 0.6) is 5.75 Å². The molecule has 0 aliphatic rings. The summed E-state index contributed by atoms with van der Waals surface area (Å²) in [6.07, 6.45) is 0. The molecule has 0 atom stereocenters. The molecule has 9 heteroatoms. The minimum absolute atomic E-state index is 0.0186. The second-order valence-corrected chi connectivity index (χ2v) is 5.18. The Morgan fingerprint density at radius 3 is 2.57 bits per heavy atom. The number of carbonyl (C=O) groups is 1. The number of aromatic nitrogens is 2. The van der Waals surface area contributed by atoms with Crippen LogP contribution < -0.4 is 15.4 Å². The van der Waals surface area contributed by atoms with Crippen molar-refractivity contribution in [1.82, 2.24) is 9.97 Å². The highest BCUT2D eigenvalue weighted by molar-refractivity contribution is 6.33. The van der Waals surface area contributed by atoms with Crippen LogP contribution in [-0.2, 0) is 0 Å². The molecule has 0 spiro atoms. The molecule has 2 rings (SSSR count). The number of rotatable bonds is 4. The van der Waals surface area contributed by atoms with E-state index in [1.807, 2.05) is 0 Å². The van der Waals surface area contributed by atoms with E-state index in [9.17, 15) is 14.3 Å². The lowest BCUT2D eigenvalue weighted by Crippen LogP contribution is -2.13. The van der Waals surface area contributed by atoms with E-state index in [-0.39, 0.29) is 33.7 Å². The molecule has 0 aliphatic carbocycles. The Bertz CT molecular complexity index is 783. The highest BCUT2D eigenvalue weighted by Gasteiger charge is 2.23. The van der Waals surface area contributed by atoms with Gasteiger partial charge in [0.05, 0.1) is 23.4 Å². The minimum Gasteiger partial charge on any atom is -0.491 e. The first-order valence-corrected chi connectivity index (χ1v) is 6.76. The first-order chi connectivity index (χ1) is 10.8. The second kappa shape index (κ2) is 6.25. The number of aromatic carboxylic acids is 1. The van der Waals surface area contributed by atoms with Gasteiger partial charge in [-0.05, 0) is 12.1 Å². The summed E-state index contributed by atoms with van der Waals surface area (Å²) >= 11 is 5.98. The molecule has 1 aromatic carbocycles. The van der Waals surface area contributed by atoms with E-state index < -0.39 is 17.5 Å². The summed E-state index contributed by atoms with van der Waals surface area (Å²) in [5.41, 5.74) is 5.36.